The third kappa shape index (κ3) is 31.4. The highest BCUT2D eigenvalue weighted by molar-refractivity contribution is 7.81. The van der Waals surface area contributed by atoms with E-state index in [9.17, 15) is 35.2 Å². The second-order valence-corrected chi connectivity index (χ2v) is 29.2. The molecule has 0 amide bonds. The second-order valence-electron chi connectivity index (χ2n) is 26.6. The van der Waals surface area contributed by atoms with Gasteiger partial charge in [-0.2, -0.15) is 19.2 Å². The summed E-state index contributed by atoms with van der Waals surface area (Å²) < 4.78 is 0. The largest absolute Gasteiger partial charge is 0.475 e. The van der Waals surface area contributed by atoms with E-state index in [1.807, 2.05) is 59.8 Å². The molecule has 17 N–H and O–H groups in total. The van der Waals surface area contributed by atoms with Gasteiger partial charge in [0.25, 0.3) is 6.92 Å². The maximum Gasteiger partial charge on any atom is 0.475 e. The van der Waals surface area contributed by atoms with E-state index in [-0.39, 0.29) is 107 Å². The molecule has 0 bridgehead atoms. The molecule has 8 fully saturated rings. The number of hydrogen-bond donors (Lipinski definition) is 13. The molecule has 22 nitrogen and oxygen atoms in total. The molecule has 1 aliphatic carbocycles. The van der Waals surface area contributed by atoms with E-state index in [0.29, 0.717) is 18.0 Å². The molecule has 12 atom stereocenters. The Morgan fingerprint density at radius 2 is 0.840 bits per heavy atom. The Kier molecular flexibility index (Phi) is 47.6. The molecule has 0 aromatic heterocycles. The van der Waals surface area contributed by atoms with Gasteiger partial charge < -0.3 is 93.2 Å². The fourth-order valence-electron chi connectivity index (χ4n) is 13.5. The zero-order valence-corrected chi connectivity index (χ0v) is 62.8. The van der Waals surface area contributed by atoms with Gasteiger partial charge in [-0.3, -0.25) is 0 Å². The predicted molar refractivity (Wildman–Crippen MR) is 409 cm³/mol. The van der Waals surface area contributed by atoms with Crippen LogP contribution < -0.4 is 33.6 Å². The fraction of sp³-hybridized carbons (Fsp3) is 0.867. The lowest BCUT2D eigenvalue weighted by Crippen LogP contribution is -2.52. The van der Waals surface area contributed by atoms with Crippen LogP contribution in [-0.4, -0.2) is 255 Å². The van der Waals surface area contributed by atoms with Gasteiger partial charge in [0.15, 0.2) is 0 Å². The summed E-state index contributed by atoms with van der Waals surface area (Å²) in [7, 11) is -1.32. The van der Waals surface area contributed by atoms with Gasteiger partial charge in [-0.05, 0) is 154 Å². The molecule has 7 heterocycles. The first-order valence-corrected chi connectivity index (χ1v) is 37.2. The highest BCUT2D eigenvalue weighted by Crippen LogP contribution is 2.30. The van der Waals surface area contributed by atoms with E-state index in [1.165, 1.54) is 38.5 Å². The van der Waals surface area contributed by atoms with Crippen molar-refractivity contribution in [3.63, 3.8) is 0 Å². The Morgan fingerprint density at radius 1 is 0.479 bits per heavy atom. The normalized spacial score (nSPS) is 24.3. The first kappa shape index (κ1) is 90.2. The third-order valence-corrected chi connectivity index (χ3v) is 22.3. The van der Waals surface area contributed by atoms with Crippen molar-refractivity contribution in [3.8, 4) is 0 Å². The van der Waals surface area contributed by atoms with Crippen molar-refractivity contribution in [1.29, 1.82) is 0 Å². The molecule has 0 radical (unpaired) electrons. The molecular weight excluding hydrogens is 1310 g/mol. The molecule has 8 aliphatic rings. The molecule has 34 heteroatoms. The van der Waals surface area contributed by atoms with Crippen molar-refractivity contribution >= 4 is 157 Å². The van der Waals surface area contributed by atoms with Gasteiger partial charge in [-0.1, -0.05) is 154 Å². The number of nitrogens with one attached hydrogen (secondary N) is 2. The van der Waals surface area contributed by atoms with Gasteiger partial charge in [-0.15, -0.1) is 0 Å². The number of hydrogen-bond acceptors (Lipinski definition) is 23. The van der Waals surface area contributed by atoms with Gasteiger partial charge in [0, 0.05) is 67.4 Å². The Balaban J connectivity index is 0.000000556. The van der Waals surface area contributed by atoms with E-state index in [0.717, 1.165) is 185 Å². The van der Waals surface area contributed by atoms with E-state index >= 15 is 0 Å². The number of carbonyl (C=O) groups excluding carboxylic acids is 4. The van der Waals surface area contributed by atoms with Crippen LogP contribution in [0.4, 0.5) is 0 Å². The van der Waals surface area contributed by atoms with Crippen LogP contribution in [0.1, 0.15) is 175 Å². The summed E-state index contributed by atoms with van der Waals surface area (Å²) in [4.78, 5) is 48.3. The molecular formula is C60H117B6N11O11S6. The number of nitrogens with zero attached hydrogens (tertiary/aromatic N) is 5. The van der Waals surface area contributed by atoms with Gasteiger partial charge in [0.2, 0.25) is 0 Å². The van der Waals surface area contributed by atoms with Crippen LogP contribution >= 0.6 is 73.3 Å². The summed E-state index contributed by atoms with van der Waals surface area (Å²) in [6, 6.07) is 0.554. The van der Waals surface area contributed by atoms with Crippen LogP contribution in [0.15, 0.2) is 0 Å². The Hall–Kier alpha value is -1.83. The first-order valence-electron chi connectivity index (χ1n) is 34.7. The first-order chi connectivity index (χ1) is 44.4. The predicted octanol–water partition coefficient (Wildman–Crippen LogP) is 3.72. The smallest absolute Gasteiger partial charge is 0.450 e. The molecule has 7 saturated heterocycles. The molecule has 0 aromatic rings. The molecule has 0 spiro atoms. The molecule has 532 valence electrons. The Morgan fingerprint density at radius 3 is 1.19 bits per heavy atom. The minimum Gasteiger partial charge on any atom is -0.450 e. The quantitative estimate of drug-likeness (QED) is 0.0687. The minimum absolute atomic E-state index is 0.0238. The maximum atomic E-state index is 9.69. The highest BCUT2D eigenvalue weighted by Gasteiger charge is 2.40. The van der Waals surface area contributed by atoms with Crippen molar-refractivity contribution in [2.24, 2.45) is 28.9 Å². The van der Waals surface area contributed by atoms with E-state index in [4.69, 9.17) is 115 Å². The molecule has 94 heavy (non-hydrogen) atoms. The zero-order valence-electron chi connectivity index (χ0n) is 57.9. The molecule has 1 saturated carbocycles. The van der Waals surface area contributed by atoms with Crippen molar-refractivity contribution in [2.75, 3.05) is 45.8 Å². The minimum atomic E-state index is -1.32. The summed E-state index contributed by atoms with van der Waals surface area (Å²) >= 11 is 32.3. The zero-order chi connectivity index (χ0) is 71.4. The van der Waals surface area contributed by atoms with E-state index < -0.39 is 7.12 Å². The van der Waals surface area contributed by atoms with Crippen LogP contribution in [0.3, 0.4) is 0 Å². The molecule has 0 aromatic carbocycles. The van der Waals surface area contributed by atoms with Crippen LogP contribution in [0, 0.1) is 5.92 Å². The topological polar surface area (TPSA) is 354 Å². The lowest BCUT2D eigenvalue weighted by atomic mass is 9.58. The standard InChI is InChI=1S/C12H23BN2O2S.C10H19BN2OS.C10H21BN2OS.C9H19BN2OS.C9H18BNOS.C8H17BN2OS.2CO2/c14-11(9-5-2-1-3-6-9)12(18)15-8-4-7-10(15)13(16)17;1-11(14)9-5-3-7-13(9)10(15)8-4-2-6-12-8;1-3-5-8(12)10(15)13-7-4-6-9(13)11(2)14;1-3-7(11)9(14)12-6-4-5-8(12)10(2)13;1-7(10(2)12)6-9(13)8-4-3-5-11-8;1-6(10)8(13)11-5-3-4-7(11)9(2)12;2*2-1-3/h9-11,16-17H,1-8,14H2;8-9,12,14H,2-7H2,1H3;8-9,14H,3-7,12H2,1-2H3;7-8,13H,3-6,11H2,1-2H3;7-8,11-12H,3-6H2,1-2H3;6-7,12H,3-5,10H2,1-2H3;;/t10-,11-;2*8-,9-;7-,8-;7-,8+;6-,7-;;/m000010../s1. The van der Waals surface area contributed by atoms with Crippen molar-refractivity contribution in [3.05, 3.63) is 0 Å². The van der Waals surface area contributed by atoms with E-state index in [2.05, 4.69) is 37.2 Å². The lowest BCUT2D eigenvalue weighted by molar-refractivity contribution is -0.193. The van der Waals surface area contributed by atoms with Gasteiger partial charge in [-0.25, -0.2) is 0 Å². The maximum absolute atomic E-state index is 9.69. The summed E-state index contributed by atoms with van der Waals surface area (Å²) in [6.07, 6.45) is 25.4. The SMILES string of the molecule is CB(O)[C@@H]1CCCN1C(=S)[C@@H]1CCCN1.CB(O)[C@@H]1CCCN1C(=S)[C@H](C)N.CB(O)[C@H](C)CC(=S)[C@@H]1CCCN1.CCC[C@H](N)C(=S)N1CCC[C@H]1B(C)O.CC[C@H](N)C(=S)N1CCC[C@H]1B(C)O.N[C@H](C(=S)N1CCC[C@H]1B(O)O)C1CCCCC1.O=C=O.O=C=O. The molecule has 8 rings (SSSR count). The van der Waals surface area contributed by atoms with Crippen LogP contribution in [0.5, 0.6) is 0 Å². The summed E-state index contributed by atoms with van der Waals surface area (Å²) in [6.45, 7) is 22.6. The fourth-order valence-corrected chi connectivity index (χ4v) is 15.8. The van der Waals surface area contributed by atoms with Crippen LogP contribution in [0.2, 0.25) is 39.9 Å². The number of likely N-dealkylation sites (tertiary alicyclic amines) is 5. The average Bonchev–Trinajstić information content (AvgIpc) is 1.74. The summed E-state index contributed by atoms with van der Waals surface area (Å²) in [5.41, 5.74) is 23.9. The number of thiocarbonyl (C=S) groups is 6. The lowest BCUT2D eigenvalue weighted by Gasteiger charge is -2.34. The molecule has 7 aliphatic heterocycles. The summed E-state index contributed by atoms with van der Waals surface area (Å²) in [5, 5.41) is 73.3. The van der Waals surface area contributed by atoms with Gasteiger partial charge in [0.1, 0.15) is 0 Å². The van der Waals surface area contributed by atoms with Crippen molar-refractivity contribution < 1.29 is 54.3 Å². The Labute approximate surface area is 598 Å². The average molecular weight is 1430 g/mol. The highest BCUT2D eigenvalue weighted by atomic mass is 32.1. The van der Waals surface area contributed by atoms with Gasteiger partial charge >= 0.3 is 47.1 Å². The van der Waals surface area contributed by atoms with Crippen LogP contribution in [0.25, 0.3) is 0 Å². The van der Waals surface area contributed by atoms with Crippen LogP contribution in [-0.2, 0) is 19.2 Å². The van der Waals surface area contributed by atoms with Crippen molar-refractivity contribution in [1.82, 2.24) is 35.1 Å². The Bertz CT molecular complexity index is 2270. The van der Waals surface area contributed by atoms with Gasteiger partial charge in [0.05, 0.1) is 61.1 Å². The number of rotatable bonds is 18. The monoisotopic (exact) mass is 1430 g/mol. The van der Waals surface area contributed by atoms with E-state index in [1.54, 1.807) is 0 Å². The second kappa shape index (κ2) is 49.7. The number of nitrogens with two attached hydrogens (primary N) is 4. The summed E-state index contributed by atoms with van der Waals surface area (Å²) in [5.74, 6) is 1.30. The molecule has 0 unspecified atom stereocenters. The van der Waals surface area contributed by atoms with Crippen molar-refractivity contribution in [2.45, 2.75) is 281 Å². The third-order valence-electron chi connectivity index (χ3n) is 19.1.